The smallest absolute Gasteiger partial charge is 0.191 e. The summed E-state index contributed by atoms with van der Waals surface area (Å²) < 4.78 is 13.1. The number of benzene rings is 1. The van der Waals surface area contributed by atoms with Crippen molar-refractivity contribution in [3.63, 3.8) is 0 Å². The van der Waals surface area contributed by atoms with E-state index in [-0.39, 0.29) is 5.82 Å². The maximum Gasteiger partial charge on any atom is 0.191 e. The molecule has 0 saturated carbocycles. The van der Waals surface area contributed by atoms with Gasteiger partial charge in [-0.3, -0.25) is 4.99 Å². The summed E-state index contributed by atoms with van der Waals surface area (Å²) in [4.78, 5) is 6.71. The van der Waals surface area contributed by atoms with Crippen molar-refractivity contribution in [1.29, 1.82) is 0 Å². The van der Waals surface area contributed by atoms with Crippen molar-refractivity contribution in [3.8, 4) is 0 Å². The summed E-state index contributed by atoms with van der Waals surface area (Å²) in [7, 11) is 1.72. The Kier molecular flexibility index (Phi) is 5.12. The molecule has 20 heavy (non-hydrogen) atoms. The lowest BCUT2D eigenvalue weighted by Crippen LogP contribution is -2.36. The van der Waals surface area contributed by atoms with E-state index >= 15 is 0 Å². The molecule has 0 aliphatic heterocycles. The standard InChI is InChI=1S/C15H18FN3S/c1-11-6-7-14(20-11)10-19-15(17-2)18-9-12-4-3-5-13(16)8-12/h3-8H,9-10H2,1-2H3,(H2,17,18,19). The summed E-state index contributed by atoms with van der Waals surface area (Å²) in [6.07, 6.45) is 0. The molecule has 106 valence electrons. The minimum atomic E-state index is -0.221. The van der Waals surface area contributed by atoms with Gasteiger partial charge in [0, 0.05) is 23.3 Å². The minimum Gasteiger partial charge on any atom is -0.352 e. The Hall–Kier alpha value is -1.88. The number of guanidine groups is 1. The number of nitrogens with one attached hydrogen (secondary N) is 2. The van der Waals surface area contributed by atoms with E-state index in [1.165, 1.54) is 21.9 Å². The van der Waals surface area contributed by atoms with Gasteiger partial charge in [-0.1, -0.05) is 12.1 Å². The monoisotopic (exact) mass is 291 g/mol. The molecule has 1 heterocycles. The fourth-order valence-electron chi connectivity index (χ4n) is 1.80. The van der Waals surface area contributed by atoms with Crippen molar-refractivity contribution in [1.82, 2.24) is 10.6 Å². The molecule has 0 saturated heterocycles. The molecular weight excluding hydrogens is 273 g/mol. The summed E-state index contributed by atoms with van der Waals surface area (Å²) in [6.45, 7) is 3.37. The molecule has 0 unspecified atom stereocenters. The fraction of sp³-hybridized carbons (Fsp3) is 0.267. The summed E-state index contributed by atoms with van der Waals surface area (Å²) >= 11 is 1.76. The highest BCUT2D eigenvalue weighted by molar-refractivity contribution is 7.11. The molecule has 2 N–H and O–H groups in total. The average Bonchev–Trinajstić information content (AvgIpc) is 2.85. The van der Waals surface area contributed by atoms with E-state index in [4.69, 9.17) is 0 Å². The molecule has 0 amide bonds. The molecule has 0 bridgehead atoms. The summed E-state index contributed by atoms with van der Waals surface area (Å²) in [6, 6.07) is 10.7. The van der Waals surface area contributed by atoms with E-state index in [2.05, 4.69) is 34.7 Å². The van der Waals surface area contributed by atoms with Gasteiger partial charge in [0.2, 0.25) is 0 Å². The van der Waals surface area contributed by atoms with E-state index in [1.807, 2.05) is 6.07 Å². The number of rotatable bonds is 4. The molecule has 5 heteroatoms. The molecular formula is C15H18FN3S. The Morgan fingerprint density at radius 1 is 1.20 bits per heavy atom. The van der Waals surface area contributed by atoms with Gasteiger partial charge in [-0.25, -0.2) is 4.39 Å². The minimum absolute atomic E-state index is 0.221. The van der Waals surface area contributed by atoms with Crippen molar-refractivity contribution in [2.45, 2.75) is 20.0 Å². The first-order valence-electron chi connectivity index (χ1n) is 6.41. The van der Waals surface area contributed by atoms with Crippen LogP contribution in [0.3, 0.4) is 0 Å². The Bertz CT molecular complexity index is 592. The van der Waals surface area contributed by atoms with Gasteiger partial charge < -0.3 is 10.6 Å². The van der Waals surface area contributed by atoms with Gasteiger partial charge in [0.25, 0.3) is 0 Å². The Morgan fingerprint density at radius 3 is 2.65 bits per heavy atom. The van der Waals surface area contributed by atoms with Crippen LogP contribution in [0.2, 0.25) is 0 Å². The Morgan fingerprint density at radius 2 is 2.00 bits per heavy atom. The lowest BCUT2D eigenvalue weighted by Gasteiger charge is -2.11. The second kappa shape index (κ2) is 7.05. The zero-order valence-corrected chi connectivity index (χ0v) is 12.4. The number of hydrogen-bond acceptors (Lipinski definition) is 2. The maximum absolute atomic E-state index is 13.1. The summed E-state index contributed by atoms with van der Waals surface area (Å²) in [5.74, 6) is 0.488. The maximum atomic E-state index is 13.1. The van der Waals surface area contributed by atoms with Crippen molar-refractivity contribution in [2.75, 3.05) is 7.05 Å². The third-order valence-electron chi connectivity index (χ3n) is 2.80. The van der Waals surface area contributed by atoms with Crippen LogP contribution in [-0.2, 0) is 13.1 Å². The molecule has 0 radical (unpaired) electrons. The SMILES string of the molecule is CN=C(NCc1cccc(F)c1)NCc1ccc(C)s1. The third kappa shape index (κ3) is 4.35. The van der Waals surface area contributed by atoms with E-state index in [0.29, 0.717) is 12.5 Å². The van der Waals surface area contributed by atoms with Crippen molar-refractivity contribution >= 4 is 17.3 Å². The van der Waals surface area contributed by atoms with Gasteiger partial charge in [0.15, 0.2) is 5.96 Å². The van der Waals surface area contributed by atoms with Crippen LogP contribution in [0.1, 0.15) is 15.3 Å². The second-order valence-corrected chi connectivity index (χ2v) is 5.79. The lowest BCUT2D eigenvalue weighted by atomic mass is 10.2. The first-order valence-corrected chi connectivity index (χ1v) is 7.23. The van der Waals surface area contributed by atoms with E-state index in [9.17, 15) is 4.39 Å². The topological polar surface area (TPSA) is 36.4 Å². The van der Waals surface area contributed by atoms with Crippen molar-refractivity contribution in [2.24, 2.45) is 4.99 Å². The number of aryl methyl sites for hydroxylation is 1. The molecule has 0 aliphatic rings. The average molecular weight is 291 g/mol. The summed E-state index contributed by atoms with van der Waals surface area (Å²) in [5, 5.41) is 6.41. The molecule has 1 aromatic heterocycles. The third-order valence-corrected chi connectivity index (χ3v) is 3.80. The van der Waals surface area contributed by atoms with Crippen LogP contribution < -0.4 is 10.6 Å². The van der Waals surface area contributed by atoms with Gasteiger partial charge in [0.05, 0.1) is 6.54 Å². The molecule has 0 aliphatic carbocycles. The normalized spacial score (nSPS) is 11.4. The number of nitrogens with zero attached hydrogens (tertiary/aromatic N) is 1. The van der Waals surface area contributed by atoms with E-state index in [1.54, 1.807) is 24.5 Å². The highest BCUT2D eigenvalue weighted by atomic mass is 32.1. The fourth-order valence-corrected chi connectivity index (χ4v) is 2.63. The number of thiophene rings is 1. The second-order valence-electron chi connectivity index (χ2n) is 4.42. The number of halogens is 1. The molecule has 0 fully saturated rings. The first kappa shape index (κ1) is 14.5. The van der Waals surface area contributed by atoms with Crippen LogP contribution in [0.25, 0.3) is 0 Å². The quantitative estimate of drug-likeness (QED) is 0.671. The van der Waals surface area contributed by atoms with Crippen LogP contribution in [0.15, 0.2) is 41.4 Å². The van der Waals surface area contributed by atoms with Gasteiger partial charge in [-0.15, -0.1) is 11.3 Å². The highest BCUT2D eigenvalue weighted by Crippen LogP contribution is 2.14. The van der Waals surface area contributed by atoms with Crippen molar-refractivity contribution in [3.05, 3.63) is 57.5 Å². The summed E-state index contributed by atoms with van der Waals surface area (Å²) in [5.41, 5.74) is 0.889. The van der Waals surface area contributed by atoms with Gasteiger partial charge in [-0.2, -0.15) is 0 Å². The van der Waals surface area contributed by atoms with Gasteiger partial charge in [0.1, 0.15) is 5.82 Å². The Labute approximate surface area is 122 Å². The predicted octanol–water partition coefficient (Wildman–Crippen LogP) is 3.06. The van der Waals surface area contributed by atoms with Gasteiger partial charge in [-0.05, 0) is 36.8 Å². The van der Waals surface area contributed by atoms with E-state index < -0.39 is 0 Å². The Balaban J connectivity index is 1.84. The van der Waals surface area contributed by atoms with Crippen LogP contribution in [-0.4, -0.2) is 13.0 Å². The molecule has 2 aromatic rings. The lowest BCUT2D eigenvalue weighted by molar-refractivity contribution is 0.624. The van der Waals surface area contributed by atoms with Crippen LogP contribution in [0.5, 0.6) is 0 Å². The highest BCUT2D eigenvalue weighted by Gasteiger charge is 2.01. The number of aliphatic imine (C=N–C) groups is 1. The van der Waals surface area contributed by atoms with Gasteiger partial charge >= 0.3 is 0 Å². The molecule has 2 rings (SSSR count). The molecule has 1 aromatic carbocycles. The zero-order valence-electron chi connectivity index (χ0n) is 11.6. The van der Waals surface area contributed by atoms with Crippen LogP contribution in [0.4, 0.5) is 4.39 Å². The molecule has 0 atom stereocenters. The molecule has 0 spiro atoms. The number of hydrogen-bond donors (Lipinski definition) is 2. The first-order chi connectivity index (χ1) is 9.67. The largest absolute Gasteiger partial charge is 0.352 e. The zero-order chi connectivity index (χ0) is 14.4. The predicted molar refractivity (Wildman–Crippen MR) is 82.5 cm³/mol. The molecule has 3 nitrogen and oxygen atoms in total. The van der Waals surface area contributed by atoms with Crippen LogP contribution >= 0.6 is 11.3 Å². The van der Waals surface area contributed by atoms with E-state index in [0.717, 1.165) is 12.1 Å². The van der Waals surface area contributed by atoms with Crippen molar-refractivity contribution < 1.29 is 4.39 Å². The van der Waals surface area contributed by atoms with Crippen LogP contribution in [0, 0.1) is 12.7 Å².